The molecule has 2 rings (SSSR count). The lowest BCUT2D eigenvalue weighted by atomic mass is 9.77. The van der Waals surface area contributed by atoms with Gasteiger partial charge in [0.05, 0.1) is 0 Å². The van der Waals surface area contributed by atoms with Crippen LogP contribution in [0.3, 0.4) is 0 Å². The van der Waals surface area contributed by atoms with Crippen molar-refractivity contribution in [2.24, 2.45) is 23.7 Å². The maximum absolute atomic E-state index is 12.0. The standard InChI is InChI=1S/C18H34N2O/c1-12(2)16-9-17(19-18(21)13(3)4)11-20(10-16)14(5)15-7-6-8-15/h12-17H,6-11H2,1-5H3,(H,19,21). The molecule has 21 heavy (non-hydrogen) atoms. The van der Waals surface area contributed by atoms with Crippen LogP contribution in [0.5, 0.6) is 0 Å². The summed E-state index contributed by atoms with van der Waals surface area (Å²) in [5, 5.41) is 3.28. The summed E-state index contributed by atoms with van der Waals surface area (Å²) in [6, 6.07) is 1.02. The first-order valence-corrected chi connectivity index (χ1v) is 8.93. The van der Waals surface area contributed by atoms with E-state index < -0.39 is 0 Å². The molecule has 3 atom stereocenters. The van der Waals surface area contributed by atoms with Crippen LogP contribution >= 0.6 is 0 Å². The van der Waals surface area contributed by atoms with Crippen LogP contribution in [0.2, 0.25) is 0 Å². The molecule has 2 aliphatic rings. The van der Waals surface area contributed by atoms with Crippen molar-refractivity contribution in [3.8, 4) is 0 Å². The Bertz CT molecular complexity index is 349. The number of hydrogen-bond acceptors (Lipinski definition) is 2. The van der Waals surface area contributed by atoms with E-state index in [1.54, 1.807) is 0 Å². The average molecular weight is 294 g/mol. The number of rotatable bonds is 5. The van der Waals surface area contributed by atoms with E-state index >= 15 is 0 Å². The number of amides is 1. The van der Waals surface area contributed by atoms with E-state index in [9.17, 15) is 4.79 Å². The van der Waals surface area contributed by atoms with Gasteiger partial charge in [-0.05, 0) is 43.9 Å². The highest BCUT2D eigenvalue weighted by Crippen LogP contribution is 2.34. The van der Waals surface area contributed by atoms with Crippen LogP contribution in [0.1, 0.15) is 60.3 Å². The van der Waals surface area contributed by atoms with Gasteiger partial charge in [-0.1, -0.05) is 34.1 Å². The van der Waals surface area contributed by atoms with E-state index in [-0.39, 0.29) is 11.8 Å². The Labute approximate surface area is 130 Å². The van der Waals surface area contributed by atoms with Gasteiger partial charge in [-0.15, -0.1) is 0 Å². The zero-order valence-corrected chi connectivity index (χ0v) is 14.6. The fraction of sp³-hybridized carbons (Fsp3) is 0.944. The molecule has 3 nitrogen and oxygen atoms in total. The molecular formula is C18H34N2O. The van der Waals surface area contributed by atoms with Crippen LogP contribution in [0.15, 0.2) is 0 Å². The van der Waals surface area contributed by atoms with Crippen LogP contribution in [-0.4, -0.2) is 36.0 Å². The van der Waals surface area contributed by atoms with Gasteiger partial charge in [-0.3, -0.25) is 9.69 Å². The van der Waals surface area contributed by atoms with Gasteiger partial charge in [0.2, 0.25) is 5.91 Å². The van der Waals surface area contributed by atoms with Crippen molar-refractivity contribution in [1.29, 1.82) is 0 Å². The molecule has 2 fully saturated rings. The molecule has 1 saturated carbocycles. The van der Waals surface area contributed by atoms with Crippen molar-refractivity contribution in [1.82, 2.24) is 10.2 Å². The van der Waals surface area contributed by atoms with Crippen molar-refractivity contribution in [3.05, 3.63) is 0 Å². The minimum atomic E-state index is 0.0851. The third kappa shape index (κ3) is 4.21. The summed E-state index contributed by atoms with van der Waals surface area (Å²) in [6.45, 7) is 13.3. The van der Waals surface area contributed by atoms with Crippen LogP contribution in [0, 0.1) is 23.7 Å². The number of nitrogens with zero attached hydrogens (tertiary/aromatic N) is 1. The lowest BCUT2D eigenvalue weighted by Gasteiger charge is -2.46. The first kappa shape index (κ1) is 16.8. The quantitative estimate of drug-likeness (QED) is 0.844. The summed E-state index contributed by atoms with van der Waals surface area (Å²) in [5.41, 5.74) is 0. The Kier molecular flexibility index (Phi) is 5.70. The molecular weight excluding hydrogens is 260 g/mol. The zero-order chi connectivity index (χ0) is 15.6. The molecule has 1 heterocycles. The number of nitrogens with one attached hydrogen (secondary N) is 1. The van der Waals surface area contributed by atoms with E-state index in [0.29, 0.717) is 23.9 Å². The number of hydrogen-bond donors (Lipinski definition) is 1. The fourth-order valence-electron chi connectivity index (χ4n) is 3.68. The smallest absolute Gasteiger partial charge is 0.222 e. The molecule has 0 radical (unpaired) electrons. The van der Waals surface area contributed by atoms with Crippen molar-refractivity contribution in [2.75, 3.05) is 13.1 Å². The molecule has 1 aliphatic heterocycles. The molecule has 0 spiro atoms. The minimum Gasteiger partial charge on any atom is -0.352 e. The molecule has 3 unspecified atom stereocenters. The monoisotopic (exact) mass is 294 g/mol. The summed E-state index contributed by atoms with van der Waals surface area (Å²) in [5.74, 6) is 2.58. The zero-order valence-electron chi connectivity index (χ0n) is 14.6. The third-order valence-corrected chi connectivity index (χ3v) is 5.73. The number of piperidine rings is 1. The summed E-state index contributed by atoms with van der Waals surface area (Å²) in [7, 11) is 0. The molecule has 122 valence electrons. The van der Waals surface area contributed by atoms with Gasteiger partial charge in [-0.2, -0.15) is 0 Å². The number of likely N-dealkylation sites (tertiary alicyclic amines) is 1. The van der Waals surface area contributed by atoms with Crippen LogP contribution in [0.25, 0.3) is 0 Å². The second-order valence-electron chi connectivity index (χ2n) is 7.99. The maximum atomic E-state index is 12.0. The van der Waals surface area contributed by atoms with Gasteiger partial charge < -0.3 is 5.32 Å². The van der Waals surface area contributed by atoms with E-state index in [1.807, 2.05) is 13.8 Å². The lowest BCUT2D eigenvalue weighted by Crippen LogP contribution is -2.56. The van der Waals surface area contributed by atoms with Gasteiger partial charge in [0.25, 0.3) is 0 Å². The average Bonchev–Trinajstić information content (AvgIpc) is 2.35. The minimum absolute atomic E-state index is 0.0851. The van der Waals surface area contributed by atoms with E-state index in [4.69, 9.17) is 0 Å². The Morgan fingerprint density at radius 3 is 2.19 bits per heavy atom. The number of carbonyl (C=O) groups excluding carboxylic acids is 1. The van der Waals surface area contributed by atoms with Crippen LogP contribution < -0.4 is 5.32 Å². The second kappa shape index (κ2) is 7.13. The summed E-state index contributed by atoms with van der Waals surface area (Å²) < 4.78 is 0. The Morgan fingerprint density at radius 1 is 1.05 bits per heavy atom. The SMILES string of the molecule is CC(C)C(=O)NC1CC(C(C)C)CN(C(C)C2CCC2)C1. The molecule has 0 bridgehead atoms. The summed E-state index contributed by atoms with van der Waals surface area (Å²) in [6.07, 6.45) is 5.34. The predicted octanol–water partition coefficient (Wildman–Crippen LogP) is 3.29. The predicted molar refractivity (Wildman–Crippen MR) is 88.1 cm³/mol. The van der Waals surface area contributed by atoms with E-state index in [1.165, 1.54) is 25.8 Å². The molecule has 0 aromatic rings. The van der Waals surface area contributed by atoms with Crippen molar-refractivity contribution < 1.29 is 4.79 Å². The molecule has 3 heteroatoms. The molecule has 1 amide bonds. The van der Waals surface area contributed by atoms with E-state index in [2.05, 4.69) is 31.0 Å². The molecule has 1 saturated heterocycles. The van der Waals surface area contributed by atoms with Gasteiger partial charge in [0.15, 0.2) is 0 Å². The number of carbonyl (C=O) groups is 1. The van der Waals surface area contributed by atoms with Gasteiger partial charge in [0, 0.05) is 31.1 Å². The highest BCUT2D eigenvalue weighted by atomic mass is 16.1. The fourth-order valence-corrected chi connectivity index (χ4v) is 3.68. The molecule has 1 aliphatic carbocycles. The van der Waals surface area contributed by atoms with Gasteiger partial charge in [-0.25, -0.2) is 0 Å². The highest BCUT2D eigenvalue weighted by Gasteiger charge is 2.36. The molecule has 0 aromatic carbocycles. The molecule has 1 N–H and O–H groups in total. The van der Waals surface area contributed by atoms with Gasteiger partial charge >= 0.3 is 0 Å². The Morgan fingerprint density at radius 2 is 1.71 bits per heavy atom. The van der Waals surface area contributed by atoms with Crippen LogP contribution in [0.4, 0.5) is 0 Å². The van der Waals surface area contributed by atoms with Crippen molar-refractivity contribution >= 4 is 5.91 Å². The largest absolute Gasteiger partial charge is 0.352 e. The Hall–Kier alpha value is -0.570. The third-order valence-electron chi connectivity index (χ3n) is 5.73. The Balaban J connectivity index is 1.98. The normalized spacial score (nSPS) is 29.5. The first-order valence-electron chi connectivity index (χ1n) is 8.93. The summed E-state index contributed by atoms with van der Waals surface area (Å²) >= 11 is 0. The maximum Gasteiger partial charge on any atom is 0.222 e. The van der Waals surface area contributed by atoms with E-state index in [0.717, 1.165) is 18.9 Å². The van der Waals surface area contributed by atoms with Crippen molar-refractivity contribution in [3.63, 3.8) is 0 Å². The second-order valence-corrected chi connectivity index (χ2v) is 7.99. The highest BCUT2D eigenvalue weighted by molar-refractivity contribution is 5.78. The first-order chi connectivity index (χ1) is 9.88. The van der Waals surface area contributed by atoms with Crippen LogP contribution in [-0.2, 0) is 4.79 Å². The van der Waals surface area contributed by atoms with Crippen molar-refractivity contribution in [2.45, 2.75) is 72.4 Å². The molecule has 0 aromatic heterocycles. The van der Waals surface area contributed by atoms with Gasteiger partial charge in [0.1, 0.15) is 0 Å². The summed E-state index contributed by atoms with van der Waals surface area (Å²) in [4.78, 5) is 14.7. The topological polar surface area (TPSA) is 32.3 Å². The lowest BCUT2D eigenvalue weighted by molar-refractivity contribution is -0.125.